The molecule has 3 unspecified atom stereocenters. The maximum Gasteiger partial charge on any atom is 0.350 e. The van der Waals surface area contributed by atoms with E-state index in [0.717, 1.165) is 25.7 Å². The van der Waals surface area contributed by atoms with Gasteiger partial charge in [0.05, 0.1) is 5.60 Å². The molecule has 0 aromatic rings. The van der Waals surface area contributed by atoms with E-state index in [4.69, 9.17) is 15.4 Å². The summed E-state index contributed by atoms with van der Waals surface area (Å²) in [5.74, 6) is 5.90. The van der Waals surface area contributed by atoms with Crippen molar-refractivity contribution in [1.82, 2.24) is 16.0 Å². The van der Waals surface area contributed by atoms with Gasteiger partial charge in [-0.1, -0.05) is 18.6 Å². The van der Waals surface area contributed by atoms with E-state index in [-0.39, 0.29) is 5.41 Å². The zero-order valence-corrected chi connectivity index (χ0v) is 15.3. The van der Waals surface area contributed by atoms with Crippen molar-refractivity contribution >= 4 is 6.03 Å². The van der Waals surface area contributed by atoms with Gasteiger partial charge in [-0.25, -0.2) is 15.6 Å². The number of nitrogens with one attached hydrogen (secondary N) is 2. The van der Waals surface area contributed by atoms with E-state index in [1.54, 1.807) is 0 Å². The summed E-state index contributed by atoms with van der Waals surface area (Å²) in [5, 5.41) is 1.37. The van der Waals surface area contributed by atoms with Crippen LogP contribution in [0.2, 0.25) is 0 Å². The Bertz CT molecular complexity index is 463. The third-order valence-electron chi connectivity index (χ3n) is 4.81. The van der Waals surface area contributed by atoms with Crippen LogP contribution in [0.3, 0.4) is 0 Å². The molecule has 0 radical (unpaired) electrons. The fourth-order valence-electron chi connectivity index (χ4n) is 3.80. The Morgan fingerprint density at radius 3 is 2.79 bits per heavy atom. The predicted molar refractivity (Wildman–Crippen MR) is 92.1 cm³/mol. The van der Waals surface area contributed by atoms with E-state index in [9.17, 15) is 4.79 Å². The van der Waals surface area contributed by atoms with Gasteiger partial charge in [0.1, 0.15) is 0 Å². The first-order chi connectivity index (χ1) is 11.3. The molecule has 1 saturated heterocycles. The average Bonchev–Trinajstić information content (AvgIpc) is 2.89. The number of amides is 2. The highest BCUT2D eigenvalue weighted by Crippen LogP contribution is 2.50. The van der Waals surface area contributed by atoms with E-state index in [1.807, 2.05) is 20.8 Å². The number of urea groups is 1. The number of carbonyl (C=O) groups is 1. The standard InChI is InChI=1S/C17H32N4O3/c1-5-7-13-8-6-9-17(12-13)10-11-23-14(17)21(15(22)19-18)20-24-16(2,3)4/h5,7,13-14,20H,6,8-12,18H2,1-4H3,(H,19,22). The number of carbonyl (C=O) groups excluding carboxylic acids is 1. The Kier molecular flexibility index (Phi) is 6.25. The van der Waals surface area contributed by atoms with E-state index in [2.05, 4.69) is 30.1 Å². The molecule has 3 atom stereocenters. The normalized spacial score (nSPS) is 30.9. The summed E-state index contributed by atoms with van der Waals surface area (Å²) in [5.41, 5.74) is 4.44. The molecule has 0 bridgehead atoms. The quantitative estimate of drug-likeness (QED) is 0.317. The van der Waals surface area contributed by atoms with Gasteiger partial charge in [0.25, 0.3) is 0 Å². The number of hydrogen-bond acceptors (Lipinski definition) is 5. The van der Waals surface area contributed by atoms with Crippen molar-refractivity contribution in [3.8, 4) is 0 Å². The van der Waals surface area contributed by atoms with E-state index in [1.165, 1.54) is 11.4 Å². The van der Waals surface area contributed by atoms with Crippen LogP contribution in [0.5, 0.6) is 0 Å². The van der Waals surface area contributed by atoms with Crippen LogP contribution in [0.1, 0.15) is 59.8 Å². The summed E-state index contributed by atoms with van der Waals surface area (Å²) in [6, 6.07) is -0.460. The van der Waals surface area contributed by atoms with Crippen LogP contribution in [0.25, 0.3) is 0 Å². The van der Waals surface area contributed by atoms with Crippen LogP contribution in [0.15, 0.2) is 12.2 Å². The van der Waals surface area contributed by atoms with Crippen LogP contribution in [-0.4, -0.2) is 29.5 Å². The van der Waals surface area contributed by atoms with Crippen LogP contribution in [-0.2, 0) is 9.57 Å². The number of hydrazine groups is 2. The fourth-order valence-corrected chi connectivity index (χ4v) is 3.80. The third-order valence-corrected chi connectivity index (χ3v) is 4.81. The maximum atomic E-state index is 12.3. The molecule has 2 amide bonds. The van der Waals surface area contributed by atoms with Crippen LogP contribution in [0.4, 0.5) is 4.79 Å². The van der Waals surface area contributed by atoms with Gasteiger partial charge in [-0.15, -0.1) is 5.59 Å². The molecule has 2 aliphatic rings. The second-order valence-corrected chi connectivity index (χ2v) is 7.84. The zero-order valence-electron chi connectivity index (χ0n) is 15.3. The second kappa shape index (κ2) is 7.82. The summed E-state index contributed by atoms with van der Waals surface area (Å²) in [6.07, 6.45) is 9.29. The van der Waals surface area contributed by atoms with Crippen molar-refractivity contribution < 1.29 is 14.4 Å². The lowest BCUT2D eigenvalue weighted by molar-refractivity contribution is -0.199. The number of rotatable bonds is 4. The van der Waals surface area contributed by atoms with Crippen molar-refractivity contribution in [3.63, 3.8) is 0 Å². The minimum Gasteiger partial charge on any atom is -0.356 e. The molecule has 24 heavy (non-hydrogen) atoms. The number of hydrogen-bond donors (Lipinski definition) is 3. The Balaban J connectivity index is 2.18. The molecule has 7 heteroatoms. The maximum absolute atomic E-state index is 12.3. The molecule has 7 nitrogen and oxygen atoms in total. The second-order valence-electron chi connectivity index (χ2n) is 7.84. The lowest BCUT2D eigenvalue weighted by atomic mass is 9.67. The van der Waals surface area contributed by atoms with Gasteiger partial charge < -0.3 is 4.74 Å². The van der Waals surface area contributed by atoms with Crippen molar-refractivity contribution in [1.29, 1.82) is 0 Å². The highest BCUT2D eigenvalue weighted by atomic mass is 16.7. The van der Waals surface area contributed by atoms with Gasteiger partial charge in [-0.3, -0.25) is 10.3 Å². The lowest BCUT2D eigenvalue weighted by Crippen LogP contribution is -2.60. The van der Waals surface area contributed by atoms with Crippen molar-refractivity contribution in [2.45, 2.75) is 71.6 Å². The molecule has 2 rings (SSSR count). The molecular formula is C17H32N4O3. The molecule has 1 aliphatic heterocycles. The summed E-state index contributed by atoms with van der Waals surface area (Å²) in [7, 11) is 0. The van der Waals surface area contributed by atoms with Crippen molar-refractivity contribution in [2.24, 2.45) is 17.2 Å². The molecule has 4 N–H and O–H groups in total. The fraction of sp³-hybridized carbons (Fsp3) is 0.824. The summed E-state index contributed by atoms with van der Waals surface area (Å²) < 4.78 is 5.97. The smallest absolute Gasteiger partial charge is 0.350 e. The van der Waals surface area contributed by atoms with E-state index < -0.39 is 17.9 Å². The Morgan fingerprint density at radius 2 is 2.17 bits per heavy atom. The number of nitrogens with two attached hydrogens (primary N) is 1. The summed E-state index contributed by atoms with van der Waals surface area (Å²) >= 11 is 0. The lowest BCUT2D eigenvalue weighted by Gasteiger charge is -2.44. The average molecular weight is 340 g/mol. The first-order valence-electron chi connectivity index (χ1n) is 8.79. The number of ether oxygens (including phenoxy) is 1. The Morgan fingerprint density at radius 1 is 1.42 bits per heavy atom. The topological polar surface area (TPSA) is 88.9 Å². The first-order valence-corrected chi connectivity index (χ1v) is 8.79. The largest absolute Gasteiger partial charge is 0.356 e. The molecular weight excluding hydrogens is 308 g/mol. The SMILES string of the molecule is CC=CC1CCCC2(CCOC2N(NOC(C)(C)C)C(=O)NN)C1. The molecule has 2 fully saturated rings. The van der Waals surface area contributed by atoms with Gasteiger partial charge in [-0.05, 0) is 59.3 Å². The molecule has 138 valence electrons. The molecule has 1 heterocycles. The number of allylic oxidation sites excluding steroid dienone is 2. The van der Waals surface area contributed by atoms with E-state index >= 15 is 0 Å². The highest BCUT2D eigenvalue weighted by molar-refractivity contribution is 5.73. The third kappa shape index (κ3) is 4.47. The number of nitrogens with zero attached hydrogens (tertiary/aromatic N) is 1. The van der Waals surface area contributed by atoms with Gasteiger partial charge >= 0.3 is 6.03 Å². The van der Waals surface area contributed by atoms with Gasteiger partial charge in [-0.2, -0.15) is 0 Å². The zero-order chi connectivity index (χ0) is 17.8. The summed E-state index contributed by atoms with van der Waals surface area (Å²) in [6.45, 7) is 8.42. The molecule has 1 aliphatic carbocycles. The summed E-state index contributed by atoms with van der Waals surface area (Å²) in [4.78, 5) is 17.9. The minimum atomic E-state index is -0.460. The van der Waals surface area contributed by atoms with Crippen molar-refractivity contribution in [3.05, 3.63) is 12.2 Å². The molecule has 1 saturated carbocycles. The molecule has 0 aromatic carbocycles. The van der Waals surface area contributed by atoms with Crippen LogP contribution < -0.4 is 16.9 Å². The predicted octanol–water partition coefficient (Wildman–Crippen LogP) is 2.61. The monoisotopic (exact) mass is 340 g/mol. The highest BCUT2D eigenvalue weighted by Gasteiger charge is 2.51. The van der Waals surface area contributed by atoms with Crippen LogP contribution in [0, 0.1) is 11.3 Å². The Labute approximate surface area is 144 Å². The van der Waals surface area contributed by atoms with Gasteiger partial charge in [0.2, 0.25) is 0 Å². The van der Waals surface area contributed by atoms with Gasteiger partial charge in [0, 0.05) is 12.0 Å². The van der Waals surface area contributed by atoms with Crippen molar-refractivity contribution in [2.75, 3.05) is 6.61 Å². The van der Waals surface area contributed by atoms with Crippen LogP contribution >= 0.6 is 0 Å². The first kappa shape index (κ1) is 19.2. The molecule has 1 spiro atoms. The van der Waals surface area contributed by atoms with E-state index in [0.29, 0.717) is 12.5 Å². The minimum absolute atomic E-state index is 0.0663. The Hall–Kier alpha value is -1.15. The molecule has 0 aromatic heterocycles. The van der Waals surface area contributed by atoms with Gasteiger partial charge in [0.15, 0.2) is 6.23 Å².